The molecular weight excluding hydrogens is 108 g/mol. The van der Waals surface area contributed by atoms with Gasteiger partial charge in [0.1, 0.15) is 0 Å². The Balaban J connectivity index is 2.59. The summed E-state index contributed by atoms with van der Waals surface area (Å²) in [6.45, 7) is 0. The predicted octanol–water partition coefficient (Wildman–Crippen LogP) is 1.69. The maximum absolute atomic E-state index is 8.33. The molecule has 0 aliphatic carbocycles. The minimum absolute atomic E-state index is 0.958. The Labute approximate surface area is 46.7 Å². The van der Waals surface area contributed by atoms with Gasteiger partial charge in [-0.2, -0.15) is 0 Å². The summed E-state index contributed by atoms with van der Waals surface area (Å²) in [5, 5.41) is 8.33. The van der Waals surface area contributed by atoms with Crippen LogP contribution in [0.3, 0.4) is 0 Å². The lowest BCUT2D eigenvalue weighted by Gasteiger charge is -1.82. The van der Waals surface area contributed by atoms with Crippen LogP contribution in [0.4, 0.5) is 0 Å². The van der Waals surface area contributed by atoms with Gasteiger partial charge in [-0.25, -0.2) is 0 Å². The Hall–Kier alpha value is -0.370. The van der Waals surface area contributed by atoms with Crippen molar-refractivity contribution in [1.29, 1.82) is 0 Å². The SMILES string of the molecule is O/C=C1\C=CCS1. The van der Waals surface area contributed by atoms with E-state index in [0.29, 0.717) is 0 Å². The number of aliphatic hydroxyl groups is 1. The highest BCUT2D eigenvalue weighted by Crippen LogP contribution is 2.21. The second-order valence-corrected chi connectivity index (χ2v) is 2.34. The zero-order valence-electron chi connectivity index (χ0n) is 3.79. The topological polar surface area (TPSA) is 20.2 Å². The summed E-state index contributed by atoms with van der Waals surface area (Å²) in [6, 6.07) is 0. The predicted molar refractivity (Wildman–Crippen MR) is 32.3 cm³/mol. The molecule has 0 aromatic carbocycles. The molecule has 0 unspecified atom stereocenters. The highest BCUT2D eigenvalue weighted by Gasteiger charge is 1.96. The van der Waals surface area contributed by atoms with E-state index in [1.54, 1.807) is 11.8 Å². The first-order valence-electron chi connectivity index (χ1n) is 2.07. The molecule has 2 heteroatoms. The van der Waals surface area contributed by atoms with Crippen molar-refractivity contribution in [3.63, 3.8) is 0 Å². The van der Waals surface area contributed by atoms with Crippen LogP contribution in [0.5, 0.6) is 0 Å². The molecule has 0 bridgehead atoms. The summed E-state index contributed by atoms with van der Waals surface area (Å²) in [6.07, 6.45) is 5.06. The second-order valence-electron chi connectivity index (χ2n) is 1.24. The van der Waals surface area contributed by atoms with Gasteiger partial charge in [0.15, 0.2) is 0 Å². The van der Waals surface area contributed by atoms with Gasteiger partial charge >= 0.3 is 0 Å². The molecule has 0 aromatic heterocycles. The third kappa shape index (κ3) is 0.996. The van der Waals surface area contributed by atoms with E-state index in [4.69, 9.17) is 5.11 Å². The third-order valence-corrected chi connectivity index (χ3v) is 1.69. The van der Waals surface area contributed by atoms with Crippen LogP contribution in [-0.4, -0.2) is 10.9 Å². The van der Waals surface area contributed by atoms with Crippen molar-refractivity contribution >= 4 is 11.8 Å². The average molecular weight is 114 g/mol. The standard InChI is InChI=1S/C5H6OS/c6-4-5-2-1-3-7-5/h1-2,4,6H,3H2/b5-4+. The summed E-state index contributed by atoms with van der Waals surface area (Å²) in [4.78, 5) is 0.958. The highest BCUT2D eigenvalue weighted by atomic mass is 32.2. The first-order chi connectivity index (χ1) is 3.43. The Morgan fingerprint density at radius 3 is 3.00 bits per heavy atom. The molecule has 1 aliphatic heterocycles. The number of hydrogen-bond acceptors (Lipinski definition) is 2. The fourth-order valence-corrected chi connectivity index (χ4v) is 1.09. The Kier molecular flexibility index (Phi) is 1.42. The molecule has 0 atom stereocenters. The van der Waals surface area contributed by atoms with E-state index < -0.39 is 0 Å². The van der Waals surface area contributed by atoms with Crippen LogP contribution in [0.2, 0.25) is 0 Å². The zero-order valence-corrected chi connectivity index (χ0v) is 4.61. The molecule has 1 nitrogen and oxygen atoms in total. The summed E-state index contributed by atoms with van der Waals surface area (Å²) >= 11 is 1.64. The minimum atomic E-state index is 0.958. The summed E-state index contributed by atoms with van der Waals surface area (Å²) in [7, 11) is 0. The monoisotopic (exact) mass is 114 g/mol. The number of thioether (sulfide) groups is 1. The fraction of sp³-hybridized carbons (Fsp3) is 0.200. The molecule has 7 heavy (non-hydrogen) atoms. The van der Waals surface area contributed by atoms with Crippen molar-refractivity contribution in [3.05, 3.63) is 23.3 Å². The Morgan fingerprint density at radius 2 is 2.71 bits per heavy atom. The van der Waals surface area contributed by atoms with E-state index in [9.17, 15) is 0 Å². The van der Waals surface area contributed by atoms with Gasteiger partial charge < -0.3 is 5.11 Å². The molecule has 0 fully saturated rings. The van der Waals surface area contributed by atoms with Crippen LogP contribution in [0.15, 0.2) is 23.3 Å². The lowest BCUT2D eigenvalue weighted by atomic mass is 10.5. The summed E-state index contributed by atoms with van der Waals surface area (Å²) in [5.41, 5.74) is 0. The molecule has 1 aliphatic rings. The van der Waals surface area contributed by atoms with E-state index in [-0.39, 0.29) is 0 Å². The lowest BCUT2D eigenvalue weighted by molar-refractivity contribution is 0.472. The molecule has 1 heterocycles. The maximum Gasteiger partial charge on any atom is 0.0927 e. The number of rotatable bonds is 0. The summed E-state index contributed by atoms with van der Waals surface area (Å²) < 4.78 is 0. The Morgan fingerprint density at radius 1 is 1.86 bits per heavy atom. The van der Waals surface area contributed by atoms with Crippen LogP contribution in [0.1, 0.15) is 0 Å². The molecule has 0 radical (unpaired) electrons. The molecule has 0 aromatic rings. The fourth-order valence-electron chi connectivity index (χ4n) is 0.437. The lowest BCUT2D eigenvalue weighted by Crippen LogP contribution is -1.59. The molecule has 1 N–H and O–H groups in total. The zero-order chi connectivity index (χ0) is 5.11. The number of hydrogen-bond donors (Lipinski definition) is 1. The number of allylic oxidation sites excluding steroid dienone is 1. The van der Waals surface area contributed by atoms with E-state index in [1.807, 2.05) is 12.2 Å². The summed E-state index contributed by atoms with van der Waals surface area (Å²) in [5.74, 6) is 1.01. The van der Waals surface area contributed by atoms with Crippen LogP contribution in [0.25, 0.3) is 0 Å². The molecular formula is C5H6OS. The molecule has 0 amide bonds. The van der Waals surface area contributed by atoms with Gasteiger partial charge in [-0.1, -0.05) is 6.08 Å². The van der Waals surface area contributed by atoms with Gasteiger partial charge in [0.25, 0.3) is 0 Å². The molecule has 0 saturated carbocycles. The second kappa shape index (κ2) is 2.07. The van der Waals surface area contributed by atoms with Crippen molar-refractivity contribution in [2.45, 2.75) is 0 Å². The van der Waals surface area contributed by atoms with Gasteiger partial charge in [0, 0.05) is 10.7 Å². The van der Waals surface area contributed by atoms with Crippen molar-refractivity contribution < 1.29 is 5.11 Å². The largest absolute Gasteiger partial charge is 0.514 e. The van der Waals surface area contributed by atoms with Crippen molar-refractivity contribution in [3.8, 4) is 0 Å². The highest BCUT2D eigenvalue weighted by molar-refractivity contribution is 8.03. The van der Waals surface area contributed by atoms with Crippen molar-refractivity contribution in [1.82, 2.24) is 0 Å². The third-order valence-electron chi connectivity index (χ3n) is 0.756. The van der Waals surface area contributed by atoms with Crippen LogP contribution in [-0.2, 0) is 0 Å². The van der Waals surface area contributed by atoms with E-state index in [1.165, 1.54) is 0 Å². The molecule has 0 saturated heterocycles. The van der Waals surface area contributed by atoms with Gasteiger partial charge in [0.05, 0.1) is 6.26 Å². The molecule has 1 rings (SSSR count). The van der Waals surface area contributed by atoms with E-state index >= 15 is 0 Å². The van der Waals surface area contributed by atoms with Gasteiger partial charge in [-0.15, -0.1) is 11.8 Å². The van der Waals surface area contributed by atoms with Crippen molar-refractivity contribution in [2.75, 3.05) is 5.75 Å². The maximum atomic E-state index is 8.33. The first-order valence-corrected chi connectivity index (χ1v) is 3.06. The number of aliphatic hydroxyl groups excluding tert-OH is 1. The molecule has 38 valence electrons. The van der Waals surface area contributed by atoms with Crippen LogP contribution in [0, 0.1) is 0 Å². The van der Waals surface area contributed by atoms with Gasteiger partial charge in [-0.3, -0.25) is 0 Å². The normalized spacial score (nSPS) is 24.3. The molecule has 0 spiro atoms. The Bertz CT molecular complexity index is 112. The van der Waals surface area contributed by atoms with Crippen molar-refractivity contribution in [2.24, 2.45) is 0 Å². The smallest absolute Gasteiger partial charge is 0.0927 e. The van der Waals surface area contributed by atoms with Crippen LogP contribution >= 0.6 is 11.8 Å². The minimum Gasteiger partial charge on any atom is -0.514 e. The van der Waals surface area contributed by atoms with E-state index in [0.717, 1.165) is 16.9 Å². The average Bonchev–Trinajstić information content (AvgIpc) is 2.14. The first kappa shape index (κ1) is 4.78. The van der Waals surface area contributed by atoms with Gasteiger partial charge in [-0.05, 0) is 6.08 Å². The van der Waals surface area contributed by atoms with Gasteiger partial charge in [0.2, 0.25) is 0 Å². The van der Waals surface area contributed by atoms with Crippen LogP contribution < -0.4 is 0 Å². The van der Waals surface area contributed by atoms with E-state index in [2.05, 4.69) is 0 Å². The quantitative estimate of drug-likeness (QED) is 0.483.